The molecule has 0 unspecified atom stereocenters. The number of halogens is 1. The van der Waals surface area contributed by atoms with Gasteiger partial charge in [0.1, 0.15) is 12.6 Å². The van der Waals surface area contributed by atoms with Crippen LogP contribution in [0.15, 0.2) is 42.5 Å². The number of aryl methyl sites for hydroxylation is 1. The molecule has 12 heteroatoms. The number of nitro benzene ring substituents is 1. The zero-order chi connectivity index (χ0) is 27.9. The summed E-state index contributed by atoms with van der Waals surface area (Å²) in [7, 11) is -4.03. The number of carbonyl (C=O) groups is 2. The third kappa shape index (κ3) is 7.90. The molecule has 202 valence electrons. The molecule has 0 radical (unpaired) electrons. The molecule has 1 N–H and O–H groups in total. The molecule has 0 aromatic heterocycles. The van der Waals surface area contributed by atoms with Crippen LogP contribution in [-0.4, -0.2) is 54.9 Å². The normalized spacial score (nSPS) is 12.9. The number of non-ortho nitro benzene ring substituents is 1. The second-order valence-corrected chi connectivity index (χ2v) is 11.2. The van der Waals surface area contributed by atoms with Gasteiger partial charge in [0.05, 0.1) is 16.9 Å². The molecule has 2 aromatic carbocycles. The maximum absolute atomic E-state index is 13.7. The molecule has 0 aliphatic rings. The highest BCUT2D eigenvalue weighted by Gasteiger charge is 2.33. The summed E-state index contributed by atoms with van der Waals surface area (Å²) < 4.78 is 26.4. The molecule has 2 amide bonds. The lowest BCUT2D eigenvalue weighted by atomic mass is 10.1. The first-order chi connectivity index (χ1) is 17.3. The van der Waals surface area contributed by atoms with Gasteiger partial charge in [-0.2, -0.15) is 0 Å². The Kier molecular flexibility index (Phi) is 10.4. The van der Waals surface area contributed by atoms with Crippen LogP contribution in [0, 0.1) is 17.0 Å². The number of nitrogens with one attached hydrogen (secondary N) is 1. The molecule has 2 atom stereocenters. The molecule has 0 aliphatic heterocycles. The van der Waals surface area contributed by atoms with E-state index in [4.69, 9.17) is 11.6 Å². The topological polar surface area (TPSA) is 130 Å². The van der Waals surface area contributed by atoms with Crippen LogP contribution in [0.25, 0.3) is 0 Å². The smallest absolute Gasteiger partial charge is 0.271 e. The summed E-state index contributed by atoms with van der Waals surface area (Å²) in [5.74, 6) is -1.02. The van der Waals surface area contributed by atoms with E-state index in [2.05, 4.69) is 5.32 Å². The van der Waals surface area contributed by atoms with E-state index in [0.717, 1.165) is 16.6 Å². The Morgan fingerprint density at radius 2 is 1.78 bits per heavy atom. The largest absolute Gasteiger partial charge is 0.352 e. The van der Waals surface area contributed by atoms with Crippen LogP contribution in [0.4, 0.5) is 11.4 Å². The average Bonchev–Trinajstić information content (AvgIpc) is 2.82. The Bertz CT molecular complexity index is 1250. The Morgan fingerprint density at radius 1 is 1.14 bits per heavy atom. The van der Waals surface area contributed by atoms with Gasteiger partial charge >= 0.3 is 0 Å². The first-order valence-electron chi connectivity index (χ1n) is 11.9. The van der Waals surface area contributed by atoms with Crippen LogP contribution < -0.4 is 9.62 Å². The zero-order valence-electron chi connectivity index (χ0n) is 21.6. The Labute approximate surface area is 222 Å². The maximum atomic E-state index is 13.7. The Balaban J connectivity index is 2.54. The third-order valence-corrected chi connectivity index (χ3v) is 7.53. The van der Waals surface area contributed by atoms with E-state index >= 15 is 0 Å². The minimum atomic E-state index is -4.03. The van der Waals surface area contributed by atoms with Crippen LogP contribution in [0.5, 0.6) is 0 Å². The van der Waals surface area contributed by atoms with Crippen LogP contribution >= 0.6 is 11.6 Å². The molecule has 0 heterocycles. The second kappa shape index (κ2) is 12.9. The molecule has 2 rings (SSSR count). The molecular weight excluding hydrogens is 520 g/mol. The van der Waals surface area contributed by atoms with Crippen molar-refractivity contribution in [1.29, 1.82) is 0 Å². The predicted molar refractivity (Wildman–Crippen MR) is 144 cm³/mol. The standard InChI is InChI=1S/C25H33ClN4O6S/c1-6-18(4)27-25(32)22(7-2)28(15-19-10-8-9-11-21(19)26)24(31)16-29(37(5,35)36)23-14-20(30(33)34)13-12-17(23)3/h8-14,18,22H,6-7,15-16H2,1-5H3,(H,27,32)/t18-,22-/m1/s1. The quantitative estimate of drug-likeness (QED) is 0.312. The van der Waals surface area contributed by atoms with Crippen LogP contribution in [0.1, 0.15) is 44.7 Å². The number of carbonyl (C=O) groups excluding carboxylic acids is 2. The van der Waals surface area contributed by atoms with Crippen LogP contribution in [0.3, 0.4) is 0 Å². The molecular formula is C25H33ClN4O6S. The van der Waals surface area contributed by atoms with E-state index in [1.807, 2.05) is 13.8 Å². The fraction of sp³-hybridized carbons (Fsp3) is 0.440. The monoisotopic (exact) mass is 552 g/mol. The minimum Gasteiger partial charge on any atom is -0.352 e. The van der Waals surface area contributed by atoms with Gasteiger partial charge in [0.25, 0.3) is 5.69 Å². The summed E-state index contributed by atoms with van der Waals surface area (Å²) in [6, 6.07) is 9.65. The number of benzene rings is 2. The fourth-order valence-corrected chi connectivity index (χ4v) is 4.84. The fourth-order valence-electron chi connectivity index (χ4n) is 3.75. The lowest BCUT2D eigenvalue weighted by Crippen LogP contribution is -2.53. The third-order valence-electron chi connectivity index (χ3n) is 6.04. The Morgan fingerprint density at radius 3 is 2.32 bits per heavy atom. The Hall–Kier alpha value is -3.18. The summed E-state index contributed by atoms with van der Waals surface area (Å²) in [6.45, 7) is 6.44. The SMILES string of the molecule is CC[C@@H](C)NC(=O)[C@@H](CC)N(Cc1ccccc1Cl)C(=O)CN(c1cc([N+](=O)[O-])ccc1C)S(C)(=O)=O. The average molecular weight is 553 g/mol. The molecule has 0 saturated carbocycles. The number of amides is 2. The van der Waals surface area contributed by atoms with Crippen molar-refractivity contribution in [3.63, 3.8) is 0 Å². The van der Waals surface area contributed by atoms with Crippen molar-refractivity contribution in [2.75, 3.05) is 17.1 Å². The van der Waals surface area contributed by atoms with Crippen molar-refractivity contribution < 1.29 is 22.9 Å². The van der Waals surface area contributed by atoms with Gasteiger partial charge < -0.3 is 10.2 Å². The molecule has 10 nitrogen and oxygen atoms in total. The van der Waals surface area contributed by atoms with E-state index in [-0.39, 0.29) is 36.3 Å². The van der Waals surface area contributed by atoms with Gasteiger partial charge in [-0.05, 0) is 43.9 Å². The first kappa shape index (κ1) is 30.0. The summed E-state index contributed by atoms with van der Waals surface area (Å²) >= 11 is 6.34. The molecule has 37 heavy (non-hydrogen) atoms. The highest BCUT2D eigenvalue weighted by molar-refractivity contribution is 7.92. The van der Waals surface area contributed by atoms with Crippen molar-refractivity contribution in [3.05, 3.63) is 68.7 Å². The van der Waals surface area contributed by atoms with Gasteiger partial charge in [-0.1, -0.05) is 49.7 Å². The van der Waals surface area contributed by atoms with E-state index in [1.54, 1.807) is 38.1 Å². The van der Waals surface area contributed by atoms with Crippen LogP contribution in [-0.2, 0) is 26.2 Å². The minimum absolute atomic E-state index is 0.0137. The van der Waals surface area contributed by atoms with Gasteiger partial charge in [-0.3, -0.25) is 24.0 Å². The van der Waals surface area contributed by atoms with Gasteiger partial charge in [-0.15, -0.1) is 0 Å². The van der Waals surface area contributed by atoms with E-state index in [9.17, 15) is 28.1 Å². The van der Waals surface area contributed by atoms with Crippen LogP contribution in [0.2, 0.25) is 5.02 Å². The summed E-state index contributed by atoms with van der Waals surface area (Å²) in [5, 5.41) is 14.6. The van der Waals surface area contributed by atoms with Gasteiger partial charge in [0.15, 0.2) is 0 Å². The maximum Gasteiger partial charge on any atom is 0.271 e. The van der Waals surface area contributed by atoms with Gasteiger partial charge in [0, 0.05) is 29.7 Å². The summed E-state index contributed by atoms with van der Waals surface area (Å²) in [6.07, 6.45) is 1.88. The molecule has 0 aliphatic carbocycles. The molecule has 2 aromatic rings. The van der Waals surface area contributed by atoms with Gasteiger partial charge in [0.2, 0.25) is 21.8 Å². The highest BCUT2D eigenvalue weighted by Crippen LogP contribution is 2.28. The summed E-state index contributed by atoms with van der Waals surface area (Å²) in [5.41, 5.74) is 0.724. The number of sulfonamides is 1. The van der Waals surface area contributed by atoms with E-state index < -0.39 is 33.4 Å². The lowest BCUT2D eigenvalue weighted by molar-refractivity contribution is -0.384. The molecule has 0 spiro atoms. The second-order valence-electron chi connectivity index (χ2n) is 8.85. The zero-order valence-corrected chi connectivity index (χ0v) is 23.2. The highest BCUT2D eigenvalue weighted by atomic mass is 35.5. The molecule has 0 saturated heterocycles. The summed E-state index contributed by atoms with van der Waals surface area (Å²) in [4.78, 5) is 38.9. The predicted octanol–water partition coefficient (Wildman–Crippen LogP) is 4.04. The van der Waals surface area contributed by atoms with E-state index in [0.29, 0.717) is 22.6 Å². The van der Waals surface area contributed by atoms with E-state index in [1.165, 1.54) is 17.0 Å². The van der Waals surface area contributed by atoms with Crippen molar-refractivity contribution in [2.24, 2.45) is 0 Å². The van der Waals surface area contributed by atoms with Gasteiger partial charge in [-0.25, -0.2) is 8.42 Å². The molecule has 0 fully saturated rings. The lowest BCUT2D eigenvalue weighted by Gasteiger charge is -2.33. The van der Waals surface area contributed by atoms with Crippen molar-refractivity contribution in [1.82, 2.24) is 10.2 Å². The first-order valence-corrected chi connectivity index (χ1v) is 14.1. The van der Waals surface area contributed by atoms with Crippen molar-refractivity contribution in [2.45, 2.75) is 59.2 Å². The number of nitrogens with zero attached hydrogens (tertiary/aromatic N) is 3. The number of hydrogen-bond acceptors (Lipinski definition) is 6. The molecule has 0 bridgehead atoms. The number of hydrogen-bond donors (Lipinski definition) is 1. The number of nitro groups is 1. The number of rotatable bonds is 12. The number of anilines is 1. The van der Waals surface area contributed by atoms with Crippen molar-refractivity contribution in [3.8, 4) is 0 Å². The van der Waals surface area contributed by atoms with Crippen molar-refractivity contribution >= 4 is 44.8 Å².